The summed E-state index contributed by atoms with van der Waals surface area (Å²) in [5, 5.41) is 7.24. The number of aryl methyl sites for hydroxylation is 4. The van der Waals surface area contributed by atoms with Crippen LogP contribution < -0.4 is 0 Å². The molecule has 1 atom stereocenters. The van der Waals surface area contributed by atoms with Crippen LogP contribution in [0.15, 0.2) is 16.5 Å². The zero-order chi connectivity index (χ0) is 16.4. The summed E-state index contributed by atoms with van der Waals surface area (Å²) in [6.45, 7) is 7.57. The minimum Gasteiger partial charge on any atom is -0.466 e. The van der Waals surface area contributed by atoms with Gasteiger partial charge in [0.25, 0.3) is 0 Å². The molecule has 1 aliphatic heterocycles. The van der Waals surface area contributed by atoms with Gasteiger partial charge in [0.05, 0.1) is 24.9 Å². The highest BCUT2D eigenvalue weighted by atomic mass is 16.5. The molecule has 3 rings (SSSR count). The minimum absolute atomic E-state index is 0.0617. The van der Waals surface area contributed by atoms with Gasteiger partial charge in [-0.05, 0) is 32.9 Å². The van der Waals surface area contributed by atoms with Crippen molar-refractivity contribution in [2.45, 2.75) is 39.7 Å². The number of amides is 1. The molecule has 1 aliphatic rings. The molecule has 6 heteroatoms. The Bertz CT molecular complexity index is 670. The Morgan fingerprint density at radius 2 is 2.22 bits per heavy atom. The molecule has 3 heterocycles. The van der Waals surface area contributed by atoms with Crippen molar-refractivity contribution in [3.63, 3.8) is 0 Å². The van der Waals surface area contributed by atoms with Crippen LogP contribution in [-0.4, -0.2) is 40.8 Å². The lowest BCUT2D eigenvalue weighted by Gasteiger charge is -2.36. The molecule has 0 bridgehead atoms. The number of aromatic amines is 1. The van der Waals surface area contributed by atoms with Crippen molar-refractivity contribution in [2.75, 3.05) is 19.8 Å². The fourth-order valence-electron chi connectivity index (χ4n) is 3.19. The van der Waals surface area contributed by atoms with Gasteiger partial charge in [0, 0.05) is 30.6 Å². The topological polar surface area (TPSA) is 71.4 Å². The van der Waals surface area contributed by atoms with Gasteiger partial charge in [-0.1, -0.05) is 0 Å². The van der Waals surface area contributed by atoms with Crippen LogP contribution >= 0.6 is 0 Å². The average molecular weight is 317 g/mol. The van der Waals surface area contributed by atoms with Crippen molar-refractivity contribution in [2.24, 2.45) is 0 Å². The second kappa shape index (κ2) is 6.58. The molecule has 0 aliphatic carbocycles. The maximum absolute atomic E-state index is 12.7. The molecule has 0 radical (unpaired) electrons. The third kappa shape index (κ3) is 3.32. The number of rotatable bonds is 4. The van der Waals surface area contributed by atoms with E-state index in [1.807, 2.05) is 37.8 Å². The summed E-state index contributed by atoms with van der Waals surface area (Å²) in [4.78, 5) is 14.6. The van der Waals surface area contributed by atoms with Gasteiger partial charge < -0.3 is 14.1 Å². The SMILES string of the molecule is Cc1ccc(CCC(=O)N2CCOCC2c2c(C)n[nH]c2C)o1. The summed E-state index contributed by atoms with van der Waals surface area (Å²) in [5.41, 5.74) is 3.00. The number of hydrogen-bond donors (Lipinski definition) is 1. The number of carbonyl (C=O) groups is 1. The van der Waals surface area contributed by atoms with Crippen LogP contribution in [0, 0.1) is 20.8 Å². The van der Waals surface area contributed by atoms with E-state index in [0.29, 0.717) is 32.6 Å². The normalized spacial score (nSPS) is 18.4. The van der Waals surface area contributed by atoms with Gasteiger partial charge in [0.1, 0.15) is 11.5 Å². The lowest BCUT2D eigenvalue weighted by Crippen LogP contribution is -2.43. The monoisotopic (exact) mass is 317 g/mol. The van der Waals surface area contributed by atoms with E-state index in [2.05, 4.69) is 10.2 Å². The zero-order valence-corrected chi connectivity index (χ0v) is 13.9. The Kier molecular flexibility index (Phi) is 4.52. The minimum atomic E-state index is -0.0617. The van der Waals surface area contributed by atoms with E-state index in [9.17, 15) is 4.79 Å². The maximum atomic E-state index is 12.7. The Labute approximate surface area is 135 Å². The zero-order valence-electron chi connectivity index (χ0n) is 13.9. The first-order valence-corrected chi connectivity index (χ1v) is 8.00. The quantitative estimate of drug-likeness (QED) is 0.940. The van der Waals surface area contributed by atoms with Gasteiger partial charge in [-0.2, -0.15) is 5.10 Å². The van der Waals surface area contributed by atoms with Gasteiger partial charge in [-0.15, -0.1) is 0 Å². The van der Waals surface area contributed by atoms with Gasteiger partial charge in [-0.25, -0.2) is 0 Å². The third-order valence-corrected chi connectivity index (χ3v) is 4.35. The summed E-state index contributed by atoms with van der Waals surface area (Å²) in [5.74, 6) is 1.87. The van der Waals surface area contributed by atoms with Crippen molar-refractivity contribution < 1.29 is 13.9 Å². The van der Waals surface area contributed by atoms with E-state index >= 15 is 0 Å². The Hall–Kier alpha value is -2.08. The Balaban J connectivity index is 1.72. The number of furan rings is 1. The van der Waals surface area contributed by atoms with E-state index in [4.69, 9.17) is 9.15 Å². The predicted octanol–water partition coefficient (Wildman–Crippen LogP) is 2.46. The summed E-state index contributed by atoms with van der Waals surface area (Å²) in [6.07, 6.45) is 1.07. The molecule has 1 N–H and O–H groups in total. The van der Waals surface area contributed by atoms with E-state index in [-0.39, 0.29) is 11.9 Å². The molecule has 0 saturated carbocycles. The number of hydrogen-bond acceptors (Lipinski definition) is 4. The fourth-order valence-corrected chi connectivity index (χ4v) is 3.19. The van der Waals surface area contributed by atoms with Crippen LogP contribution in [0.3, 0.4) is 0 Å². The molecule has 124 valence electrons. The van der Waals surface area contributed by atoms with Crippen molar-refractivity contribution in [1.82, 2.24) is 15.1 Å². The molecule has 1 saturated heterocycles. The molecular formula is C17H23N3O3. The predicted molar refractivity (Wildman–Crippen MR) is 85.1 cm³/mol. The van der Waals surface area contributed by atoms with Crippen LogP contribution in [0.2, 0.25) is 0 Å². The molecular weight excluding hydrogens is 294 g/mol. The fraction of sp³-hybridized carbons (Fsp3) is 0.529. The molecule has 6 nitrogen and oxygen atoms in total. The standard InChI is InChI=1S/C17H23N3O3/c1-11-4-5-14(23-11)6-7-16(21)20-8-9-22-10-15(20)17-12(2)18-19-13(17)3/h4-5,15H,6-10H2,1-3H3,(H,18,19). The number of ether oxygens (including phenoxy) is 1. The van der Waals surface area contributed by atoms with Crippen LogP contribution in [0.4, 0.5) is 0 Å². The molecule has 23 heavy (non-hydrogen) atoms. The first-order chi connectivity index (χ1) is 11.1. The highest BCUT2D eigenvalue weighted by Gasteiger charge is 2.31. The second-order valence-electron chi connectivity index (χ2n) is 6.04. The van der Waals surface area contributed by atoms with E-state index < -0.39 is 0 Å². The van der Waals surface area contributed by atoms with E-state index in [0.717, 1.165) is 28.5 Å². The van der Waals surface area contributed by atoms with Crippen molar-refractivity contribution in [1.29, 1.82) is 0 Å². The van der Waals surface area contributed by atoms with Crippen LogP contribution in [0.5, 0.6) is 0 Å². The summed E-state index contributed by atoms with van der Waals surface area (Å²) in [6, 6.07) is 3.80. The number of morpholine rings is 1. The molecule has 2 aromatic rings. The molecule has 0 aromatic carbocycles. The van der Waals surface area contributed by atoms with Crippen molar-refractivity contribution >= 4 is 5.91 Å². The summed E-state index contributed by atoms with van der Waals surface area (Å²) < 4.78 is 11.2. The number of nitrogens with one attached hydrogen (secondary N) is 1. The Morgan fingerprint density at radius 1 is 1.39 bits per heavy atom. The average Bonchev–Trinajstić information content (AvgIpc) is 3.10. The number of H-pyrrole nitrogens is 1. The summed E-state index contributed by atoms with van der Waals surface area (Å²) >= 11 is 0. The van der Waals surface area contributed by atoms with Crippen molar-refractivity contribution in [3.05, 3.63) is 40.6 Å². The van der Waals surface area contributed by atoms with Gasteiger partial charge >= 0.3 is 0 Å². The first kappa shape index (κ1) is 15.8. The van der Waals surface area contributed by atoms with Gasteiger partial charge in [0.2, 0.25) is 5.91 Å². The lowest BCUT2D eigenvalue weighted by molar-refractivity contribution is -0.140. The molecule has 1 unspecified atom stereocenters. The van der Waals surface area contributed by atoms with E-state index in [1.54, 1.807) is 0 Å². The molecule has 1 amide bonds. The highest BCUT2D eigenvalue weighted by Crippen LogP contribution is 2.29. The van der Waals surface area contributed by atoms with Crippen LogP contribution in [0.1, 0.15) is 40.9 Å². The highest BCUT2D eigenvalue weighted by molar-refractivity contribution is 5.77. The smallest absolute Gasteiger partial charge is 0.223 e. The lowest BCUT2D eigenvalue weighted by atomic mass is 10.0. The van der Waals surface area contributed by atoms with Crippen LogP contribution in [-0.2, 0) is 16.0 Å². The van der Waals surface area contributed by atoms with E-state index in [1.165, 1.54) is 0 Å². The molecule has 1 fully saturated rings. The molecule has 2 aromatic heterocycles. The summed E-state index contributed by atoms with van der Waals surface area (Å²) in [7, 11) is 0. The Morgan fingerprint density at radius 3 is 2.87 bits per heavy atom. The van der Waals surface area contributed by atoms with Crippen LogP contribution in [0.25, 0.3) is 0 Å². The third-order valence-electron chi connectivity index (χ3n) is 4.35. The van der Waals surface area contributed by atoms with Gasteiger partial charge in [-0.3, -0.25) is 9.89 Å². The molecule has 0 spiro atoms. The number of carbonyl (C=O) groups excluding carboxylic acids is 1. The number of nitrogens with zero attached hydrogens (tertiary/aromatic N) is 2. The first-order valence-electron chi connectivity index (χ1n) is 8.00. The maximum Gasteiger partial charge on any atom is 0.223 e. The van der Waals surface area contributed by atoms with Crippen molar-refractivity contribution in [3.8, 4) is 0 Å². The largest absolute Gasteiger partial charge is 0.466 e. The second-order valence-corrected chi connectivity index (χ2v) is 6.04. The number of aromatic nitrogens is 2. The van der Waals surface area contributed by atoms with Gasteiger partial charge in [0.15, 0.2) is 0 Å².